The van der Waals surface area contributed by atoms with Crippen LogP contribution >= 0.6 is 0 Å². The van der Waals surface area contributed by atoms with E-state index in [9.17, 15) is 4.79 Å². The van der Waals surface area contributed by atoms with Crippen LogP contribution < -0.4 is 11.1 Å². The lowest BCUT2D eigenvalue weighted by Crippen LogP contribution is -2.24. The summed E-state index contributed by atoms with van der Waals surface area (Å²) < 4.78 is 0. The summed E-state index contributed by atoms with van der Waals surface area (Å²) in [6.07, 6.45) is 1.91. The van der Waals surface area contributed by atoms with E-state index in [1.807, 2.05) is 42.5 Å². The molecular formula is C17H20N2O. The van der Waals surface area contributed by atoms with E-state index < -0.39 is 0 Å². The van der Waals surface area contributed by atoms with Gasteiger partial charge in [0.05, 0.1) is 0 Å². The normalized spacial score (nSPS) is 10.2. The van der Waals surface area contributed by atoms with Crippen LogP contribution in [0.1, 0.15) is 27.9 Å². The molecule has 0 aliphatic carbocycles. The van der Waals surface area contributed by atoms with Crippen LogP contribution in [0.4, 0.5) is 0 Å². The first kappa shape index (κ1) is 14.3. The van der Waals surface area contributed by atoms with Gasteiger partial charge in [-0.15, -0.1) is 0 Å². The number of hydrogen-bond acceptors (Lipinski definition) is 2. The number of nitrogens with one attached hydrogen (secondary N) is 1. The van der Waals surface area contributed by atoms with Crippen molar-refractivity contribution in [3.05, 3.63) is 71.3 Å². The SMILES string of the molecule is NCc1cccc(C(=O)NCCCc2ccccc2)c1. The zero-order valence-corrected chi connectivity index (χ0v) is 11.5. The summed E-state index contributed by atoms with van der Waals surface area (Å²) >= 11 is 0. The van der Waals surface area contributed by atoms with Gasteiger partial charge in [0, 0.05) is 18.7 Å². The lowest BCUT2D eigenvalue weighted by atomic mass is 10.1. The van der Waals surface area contributed by atoms with Gasteiger partial charge < -0.3 is 11.1 Å². The van der Waals surface area contributed by atoms with Gasteiger partial charge in [-0.05, 0) is 36.1 Å². The molecule has 2 aromatic rings. The molecule has 0 spiro atoms. The van der Waals surface area contributed by atoms with Crippen molar-refractivity contribution in [2.45, 2.75) is 19.4 Å². The zero-order valence-electron chi connectivity index (χ0n) is 11.5. The van der Waals surface area contributed by atoms with E-state index in [-0.39, 0.29) is 5.91 Å². The van der Waals surface area contributed by atoms with E-state index in [2.05, 4.69) is 17.4 Å². The Labute approximate surface area is 119 Å². The third-order valence-corrected chi connectivity index (χ3v) is 3.20. The van der Waals surface area contributed by atoms with Gasteiger partial charge >= 0.3 is 0 Å². The van der Waals surface area contributed by atoms with Crippen molar-refractivity contribution in [3.63, 3.8) is 0 Å². The molecule has 20 heavy (non-hydrogen) atoms. The van der Waals surface area contributed by atoms with Crippen molar-refractivity contribution in [2.24, 2.45) is 5.73 Å². The number of nitrogens with two attached hydrogens (primary N) is 1. The van der Waals surface area contributed by atoms with E-state index in [1.54, 1.807) is 0 Å². The maximum absolute atomic E-state index is 12.0. The van der Waals surface area contributed by atoms with Gasteiger partial charge in [-0.3, -0.25) is 4.79 Å². The summed E-state index contributed by atoms with van der Waals surface area (Å²) in [7, 11) is 0. The molecule has 2 rings (SSSR count). The molecule has 1 amide bonds. The quantitative estimate of drug-likeness (QED) is 0.791. The van der Waals surface area contributed by atoms with E-state index in [0.29, 0.717) is 18.7 Å². The van der Waals surface area contributed by atoms with Gasteiger partial charge in [-0.25, -0.2) is 0 Å². The molecule has 3 heteroatoms. The highest BCUT2D eigenvalue weighted by molar-refractivity contribution is 5.94. The molecular weight excluding hydrogens is 248 g/mol. The van der Waals surface area contributed by atoms with E-state index in [4.69, 9.17) is 5.73 Å². The Hall–Kier alpha value is -2.13. The fourth-order valence-corrected chi connectivity index (χ4v) is 2.08. The minimum absolute atomic E-state index is 0.0339. The molecule has 0 aliphatic rings. The maximum Gasteiger partial charge on any atom is 0.251 e. The highest BCUT2D eigenvalue weighted by Gasteiger charge is 2.04. The van der Waals surface area contributed by atoms with Crippen LogP contribution in [0.3, 0.4) is 0 Å². The average Bonchev–Trinajstić information content (AvgIpc) is 2.52. The summed E-state index contributed by atoms with van der Waals surface area (Å²) in [5.74, 6) is -0.0339. The van der Waals surface area contributed by atoms with E-state index in [1.165, 1.54) is 5.56 Å². The molecule has 0 atom stereocenters. The van der Waals surface area contributed by atoms with Crippen LogP contribution in [-0.4, -0.2) is 12.5 Å². The number of benzene rings is 2. The summed E-state index contributed by atoms with van der Waals surface area (Å²) in [6, 6.07) is 17.7. The molecule has 0 saturated carbocycles. The van der Waals surface area contributed by atoms with Crippen LogP contribution in [0.15, 0.2) is 54.6 Å². The van der Waals surface area contributed by atoms with Crippen LogP contribution in [0, 0.1) is 0 Å². The van der Waals surface area contributed by atoms with Gasteiger partial charge in [-0.2, -0.15) is 0 Å². The first-order valence-electron chi connectivity index (χ1n) is 6.91. The predicted octanol–water partition coefficient (Wildman–Crippen LogP) is 2.51. The van der Waals surface area contributed by atoms with Gasteiger partial charge in [-0.1, -0.05) is 42.5 Å². The zero-order chi connectivity index (χ0) is 14.2. The average molecular weight is 268 g/mol. The molecule has 104 valence electrons. The third-order valence-electron chi connectivity index (χ3n) is 3.20. The number of carbonyl (C=O) groups is 1. The van der Waals surface area contributed by atoms with Crippen LogP contribution in [0.2, 0.25) is 0 Å². The minimum atomic E-state index is -0.0339. The monoisotopic (exact) mass is 268 g/mol. The molecule has 0 fully saturated rings. The fourth-order valence-electron chi connectivity index (χ4n) is 2.08. The van der Waals surface area contributed by atoms with Gasteiger partial charge in [0.15, 0.2) is 0 Å². The van der Waals surface area contributed by atoms with Gasteiger partial charge in [0.2, 0.25) is 0 Å². The third kappa shape index (κ3) is 4.21. The van der Waals surface area contributed by atoms with Crippen molar-refractivity contribution in [2.75, 3.05) is 6.54 Å². The highest BCUT2D eigenvalue weighted by atomic mass is 16.1. The maximum atomic E-state index is 12.0. The first-order chi connectivity index (χ1) is 9.79. The van der Waals surface area contributed by atoms with E-state index in [0.717, 1.165) is 18.4 Å². The molecule has 3 nitrogen and oxygen atoms in total. The molecule has 0 heterocycles. The summed E-state index contributed by atoms with van der Waals surface area (Å²) in [5.41, 5.74) is 8.52. The standard InChI is InChI=1S/C17H20N2O/c18-13-15-8-4-10-16(12-15)17(20)19-11-5-9-14-6-2-1-3-7-14/h1-4,6-8,10,12H,5,9,11,13,18H2,(H,19,20). The molecule has 2 aromatic carbocycles. The van der Waals surface area contributed by atoms with Crippen LogP contribution in [-0.2, 0) is 13.0 Å². The summed E-state index contributed by atoms with van der Waals surface area (Å²) in [6.45, 7) is 1.13. The van der Waals surface area contributed by atoms with Gasteiger partial charge in [0.1, 0.15) is 0 Å². The second-order valence-electron chi connectivity index (χ2n) is 4.75. The fraction of sp³-hybridized carbons (Fsp3) is 0.235. The topological polar surface area (TPSA) is 55.1 Å². The van der Waals surface area contributed by atoms with Crippen molar-refractivity contribution in [1.82, 2.24) is 5.32 Å². The smallest absolute Gasteiger partial charge is 0.251 e. The van der Waals surface area contributed by atoms with Crippen molar-refractivity contribution >= 4 is 5.91 Å². The number of carbonyl (C=O) groups excluding carboxylic acids is 1. The molecule has 0 unspecified atom stereocenters. The van der Waals surface area contributed by atoms with Gasteiger partial charge in [0.25, 0.3) is 5.91 Å². The number of amides is 1. The second-order valence-corrected chi connectivity index (χ2v) is 4.75. The Bertz CT molecular complexity index is 552. The molecule has 0 bridgehead atoms. The predicted molar refractivity (Wildman–Crippen MR) is 81.4 cm³/mol. The Kier molecular flexibility index (Phi) is 5.33. The number of rotatable bonds is 6. The molecule has 0 radical (unpaired) electrons. The Balaban J connectivity index is 1.77. The molecule has 0 aliphatic heterocycles. The lowest BCUT2D eigenvalue weighted by Gasteiger charge is -2.06. The largest absolute Gasteiger partial charge is 0.352 e. The van der Waals surface area contributed by atoms with Crippen LogP contribution in [0.25, 0.3) is 0 Å². The number of hydrogen-bond donors (Lipinski definition) is 2. The Morgan fingerprint density at radius 3 is 2.50 bits per heavy atom. The number of aryl methyl sites for hydroxylation is 1. The molecule has 0 saturated heterocycles. The minimum Gasteiger partial charge on any atom is -0.352 e. The highest BCUT2D eigenvalue weighted by Crippen LogP contribution is 2.05. The first-order valence-corrected chi connectivity index (χ1v) is 6.91. The second kappa shape index (κ2) is 7.46. The molecule has 0 aromatic heterocycles. The Morgan fingerprint density at radius 2 is 1.75 bits per heavy atom. The van der Waals surface area contributed by atoms with Crippen molar-refractivity contribution < 1.29 is 4.79 Å². The Morgan fingerprint density at radius 1 is 1.00 bits per heavy atom. The summed E-state index contributed by atoms with van der Waals surface area (Å²) in [5, 5.41) is 2.94. The summed E-state index contributed by atoms with van der Waals surface area (Å²) in [4.78, 5) is 12.0. The van der Waals surface area contributed by atoms with E-state index >= 15 is 0 Å². The van der Waals surface area contributed by atoms with Crippen LogP contribution in [0.5, 0.6) is 0 Å². The molecule has 3 N–H and O–H groups in total. The van der Waals surface area contributed by atoms with Crippen molar-refractivity contribution in [1.29, 1.82) is 0 Å². The lowest BCUT2D eigenvalue weighted by molar-refractivity contribution is 0.0953. The van der Waals surface area contributed by atoms with Crippen molar-refractivity contribution in [3.8, 4) is 0 Å².